The van der Waals surface area contributed by atoms with Gasteiger partial charge >= 0.3 is 400 Å². The Balaban J connectivity index is 1.13. The third kappa shape index (κ3) is 8.95. The number of nitrogens with zero attached hydrogens (tertiary/aromatic N) is 2. The van der Waals surface area contributed by atoms with Crippen molar-refractivity contribution in [2.75, 3.05) is 9.80 Å². The predicted octanol–water partition coefficient (Wildman–Crippen LogP) is 19.4. The summed E-state index contributed by atoms with van der Waals surface area (Å²) < 4.78 is 3.05. The van der Waals surface area contributed by atoms with Crippen molar-refractivity contribution in [1.29, 1.82) is 0 Å². The van der Waals surface area contributed by atoms with E-state index in [1.807, 2.05) is 0 Å². The van der Waals surface area contributed by atoms with Crippen molar-refractivity contribution < 1.29 is 0 Å². The summed E-state index contributed by atoms with van der Waals surface area (Å²) in [7, 11) is 0. The van der Waals surface area contributed by atoms with Gasteiger partial charge in [0.15, 0.2) is 0 Å². The second-order valence-corrected chi connectivity index (χ2v) is 45.1. The molecule has 0 fully saturated rings. The molecule has 0 saturated carbocycles. The van der Waals surface area contributed by atoms with E-state index in [0.29, 0.717) is 0 Å². The normalized spacial score (nSPS) is 13.8. The summed E-state index contributed by atoms with van der Waals surface area (Å²) in [6.45, 7) is 0. The van der Waals surface area contributed by atoms with Crippen LogP contribution in [0.4, 0.5) is 34.1 Å². The van der Waals surface area contributed by atoms with Crippen LogP contribution in [0.2, 0.25) is 34.5 Å². The first-order chi connectivity index (χ1) is 36.9. The second kappa shape index (κ2) is 19.6. The Labute approximate surface area is 455 Å². The topological polar surface area (TPSA) is 6.48 Å². The fourth-order valence-corrected chi connectivity index (χ4v) is 17.7. The Kier molecular flexibility index (Phi) is 12.6. The van der Waals surface area contributed by atoms with Crippen LogP contribution in [0.15, 0.2) is 206 Å². The minimum absolute atomic E-state index is 1.10. The number of hydrogen-bond acceptors (Lipinski definition) is 2. The van der Waals surface area contributed by atoms with Gasteiger partial charge in [0, 0.05) is 0 Å². The van der Waals surface area contributed by atoms with Crippen LogP contribution in [0, 0.1) is 0 Å². The maximum absolute atomic E-state index is 2.59. The van der Waals surface area contributed by atoms with E-state index >= 15 is 0 Å². The summed E-state index contributed by atoms with van der Waals surface area (Å²) in [6.07, 6.45) is 9.39. The van der Waals surface area contributed by atoms with Crippen LogP contribution in [0.5, 0.6) is 0 Å². The molecule has 0 aromatic heterocycles. The SMILES string of the molecule is [CH3][Ge]([CH3])([CH3])[c]1ccc(N(c2ccc3c(-c4ccc5ccccc5c4)c4cc(N(c5cc[c]([Ge]([CH3])([CH3])[CH3])cc5)c5cccc6c5CCCC6)ccc4c(-c4ccc5ccccc5c4)c3c2)c2cccc3c2CCCC3)cc1. The first kappa shape index (κ1) is 48.8. The Morgan fingerprint density at radius 2 is 0.684 bits per heavy atom. The molecule has 2 aliphatic carbocycles. The fourth-order valence-electron chi connectivity index (χ4n) is 12.8. The molecule has 0 radical (unpaired) electrons. The molecule has 0 atom stereocenters. The van der Waals surface area contributed by atoms with E-state index in [0.717, 1.165) is 25.7 Å². The fraction of sp³-hybridized carbons (Fsp3) is 0.194. The molecule has 11 aromatic carbocycles. The summed E-state index contributed by atoms with van der Waals surface area (Å²) in [5.41, 5.74) is 18.3. The molecule has 0 heterocycles. The van der Waals surface area contributed by atoms with Crippen LogP contribution in [0.25, 0.3) is 65.3 Å². The van der Waals surface area contributed by atoms with Crippen molar-refractivity contribution in [2.45, 2.75) is 85.9 Å². The molecule has 0 amide bonds. The summed E-state index contributed by atoms with van der Waals surface area (Å²) >= 11 is -4.19. The zero-order chi connectivity index (χ0) is 51.7. The average Bonchev–Trinajstić information content (AvgIpc) is 3.58. The van der Waals surface area contributed by atoms with E-state index in [2.05, 4.69) is 251 Å². The van der Waals surface area contributed by atoms with E-state index in [1.54, 1.807) is 0 Å². The third-order valence-corrected chi connectivity index (χ3v) is 25.6. The molecule has 76 heavy (non-hydrogen) atoms. The molecule has 0 N–H and O–H groups in total. The molecule has 2 nitrogen and oxygen atoms in total. The Hall–Kier alpha value is -6.85. The molecule has 0 unspecified atom stereocenters. The Bertz CT molecular complexity index is 3760. The molecule has 0 bridgehead atoms. The number of rotatable bonds is 10. The van der Waals surface area contributed by atoms with Gasteiger partial charge in [-0.3, -0.25) is 0 Å². The number of hydrogen-bond donors (Lipinski definition) is 0. The standard InChI is InChI=1S/C72H68Ge2N2/c1-73(2,3)57-33-37-59(38-34-57)75(69-27-15-23-51-19-11-13-25-63(51)69)61-41-43-65-67(47-61)71(55-31-29-49-17-7-9-21-53(49)45-55)66-44-42-62(48-68(66)72(65)56-32-30-50-18-8-10-22-54(50)46-56)76(60-39-35-58(36-40-60)74(4,5)6)70-28-16-24-52-20-12-14-26-64(52)70/h7-10,15-18,21-24,27-48H,11-14,19-20,25-26H2,1-6H3. The van der Waals surface area contributed by atoms with Gasteiger partial charge in [0.25, 0.3) is 0 Å². The van der Waals surface area contributed by atoms with Crippen LogP contribution in [-0.2, 0) is 25.7 Å². The van der Waals surface area contributed by atoms with Crippen LogP contribution in [0.3, 0.4) is 0 Å². The molecule has 13 rings (SSSR count). The van der Waals surface area contributed by atoms with Crippen molar-refractivity contribution in [3.05, 3.63) is 229 Å². The van der Waals surface area contributed by atoms with E-state index in [9.17, 15) is 0 Å². The van der Waals surface area contributed by atoms with Crippen molar-refractivity contribution >= 4 is 113 Å². The quantitative estimate of drug-likeness (QED) is 0.0995. The molecular formula is C72H68Ge2N2. The van der Waals surface area contributed by atoms with Gasteiger partial charge in [-0.1, -0.05) is 48.5 Å². The van der Waals surface area contributed by atoms with Crippen LogP contribution >= 0.6 is 0 Å². The molecule has 0 aliphatic heterocycles. The second-order valence-electron chi connectivity index (χ2n) is 23.8. The van der Waals surface area contributed by atoms with E-state index in [-0.39, 0.29) is 0 Å². The summed E-state index contributed by atoms with van der Waals surface area (Å²) in [4.78, 5) is 5.17. The van der Waals surface area contributed by atoms with Gasteiger partial charge in [-0.2, -0.15) is 0 Å². The number of aryl methyl sites for hydroxylation is 2. The third-order valence-electron chi connectivity index (χ3n) is 16.9. The summed E-state index contributed by atoms with van der Waals surface area (Å²) in [5, 5.41) is 10.0. The Morgan fingerprint density at radius 3 is 1.09 bits per heavy atom. The molecule has 374 valence electrons. The summed E-state index contributed by atoms with van der Waals surface area (Å²) in [5.74, 6) is 15.0. The monoisotopic (exact) mass is 1110 g/mol. The van der Waals surface area contributed by atoms with Crippen molar-refractivity contribution in [3.63, 3.8) is 0 Å². The average molecular weight is 1110 g/mol. The molecular weight excluding hydrogens is 1040 g/mol. The van der Waals surface area contributed by atoms with Crippen LogP contribution in [-0.4, -0.2) is 26.5 Å². The van der Waals surface area contributed by atoms with E-state index < -0.39 is 26.5 Å². The zero-order valence-corrected chi connectivity index (χ0v) is 49.4. The molecule has 0 spiro atoms. The first-order valence-corrected chi connectivity index (χ1v) is 42.7. The maximum atomic E-state index is 2.59. The van der Waals surface area contributed by atoms with Gasteiger partial charge in [-0.05, 0) is 10.8 Å². The Morgan fingerprint density at radius 1 is 0.303 bits per heavy atom. The summed E-state index contributed by atoms with van der Waals surface area (Å²) in [6, 6.07) is 80.2. The van der Waals surface area contributed by atoms with Gasteiger partial charge in [0.1, 0.15) is 0 Å². The van der Waals surface area contributed by atoms with Crippen LogP contribution in [0.1, 0.15) is 47.9 Å². The number of fused-ring (bicyclic) bond motifs is 6. The molecule has 2 aliphatic rings. The van der Waals surface area contributed by atoms with Crippen molar-refractivity contribution in [3.8, 4) is 22.3 Å². The van der Waals surface area contributed by atoms with Crippen LogP contribution < -0.4 is 18.6 Å². The zero-order valence-electron chi connectivity index (χ0n) is 45.2. The van der Waals surface area contributed by atoms with Crippen molar-refractivity contribution in [1.82, 2.24) is 0 Å². The molecule has 4 heteroatoms. The van der Waals surface area contributed by atoms with E-state index in [4.69, 9.17) is 0 Å². The molecule has 0 saturated heterocycles. The van der Waals surface area contributed by atoms with Gasteiger partial charge < -0.3 is 0 Å². The van der Waals surface area contributed by atoms with E-state index in [1.165, 1.54) is 156 Å². The van der Waals surface area contributed by atoms with Gasteiger partial charge in [-0.15, -0.1) is 0 Å². The number of benzene rings is 11. The minimum atomic E-state index is -2.10. The number of anilines is 6. The van der Waals surface area contributed by atoms with Gasteiger partial charge in [0.2, 0.25) is 0 Å². The van der Waals surface area contributed by atoms with Gasteiger partial charge in [-0.25, -0.2) is 0 Å². The first-order valence-electron chi connectivity index (χ1n) is 28.0. The van der Waals surface area contributed by atoms with Gasteiger partial charge in [0.05, 0.1) is 0 Å². The molecule has 11 aromatic rings. The van der Waals surface area contributed by atoms with Crippen molar-refractivity contribution in [2.24, 2.45) is 0 Å². The predicted molar refractivity (Wildman–Crippen MR) is 336 cm³/mol.